The number of aromatic nitrogens is 2. The number of pyridine rings is 2. The smallest absolute Gasteiger partial charge is 0.255 e. The van der Waals surface area contributed by atoms with E-state index in [1.807, 2.05) is 46.1 Å². The van der Waals surface area contributed by atoms with Gasteiger partial charge in [-0.1, -0.05) is 0 Å². The second-order valence-corrected chi connectivity index (χ2v) is 6.60. The first-order chi connectivity index (χ1) is 12.4. The highest BCUT2D eigenvalue weighted by molar-refractivity contribution is 5.98. The van der Waals surface area contributed by atoms with Crippen LogP contribution in [-0.4, -0.2) is 30.0 Å². The van der Waals surface area contributed by atoms with Gasteiger partial charge in [0, 0.05) is 37.9 Å². The normalized spacial score (nSPS) is 10.8. The molecule has 3 rings (SSSR count). The van der Waals surface area contributed by atoms with E-state index in [1.54, 1.807) is 23.2 Å². The lowest BCUT2D eigenvalue weighted by molar-refractivity contribution is 0.0951. The zero-order valence-corrected chi connectivity index (χ0v) is 15.4. The number of carbonyl (C=O) groups is 1. The number of fused-ring (bicyclic) bond motifs is 1. The van der Waals surface area contributed by atoms with Gasteiger partial charge in [0.2, 0.25) is 0 Å². The molecule has 6 nitrogen and oxygen atoms in total. The average molecular weight is 350 g/mol. The van der Waals surface area contributed by atoms with Crippen LogP contribution in [0.2, 0.25) is 0 Å². The molecule has 1 aromatic carbocycles. The highest BCUT2D eigenvalue weighted by Crippen LogP contribution is 2.18. The van der Waals surface area contributed by atoms with Gasteiger partial charge >= 0.3 is 0 Å². The molecule has 0 spiro atoms. The van der Waals surface area contributed by atoms with Crippen LogP contribution in [0.25, 0.3) is 10.9 Å². The van der Waals surface area contributed by atoms with Gasteiger partial charge in [0.15, 0.2) is 0 Å². The molecule has 1 amide bonds. The summed E-state index contributed by atoms with van der Waals surface area (Å²) in [4.78, 5) is 33.8. The van der Waals surface area contributed by atoms with Crippen molar-refractivity contribution < 1.29 is 4.79 Å². The van der Waals surface area contributed by atoms with Gasteiger partial charge in [-0.3, -0.25) is 9.59 Å². The van der Waals surface area contributed by atoms with E-state index in [-0.39, 0.29) is 18.0 Å². The van der Waals surface area contributed by atoms with Crippen LogP contribution in [0.15, 0.2) is 41.3 Å². The molecule has 0 atom stereocenters. The second kappa shape index (κ2) is 7.00. The van der Waals surface area contributed by atoms with Crippen molar-refractivity contribution in [3.8, 4) is 0 Å². The Bertz CT molecular complexity index is 1040. The summed E-state index contributed by atoms with van der Waals surface area (Å²) < 4.78 is 0. The average Bonchev–Trinajstić information content (AvgIpc) is 2.61. The van der Waals surface area contributed by atoms with Crippen LogP contribution in [0.1, 0.15) is 27.0 Å². The molecule has 134 valence electrons. The maximum atomic E-state index is 12.5. The topological polar surface area (TPSA) is 78.1 Å². The Kier molecular flexibility index (Phi) is 4.75. The number of amides is 1. The monoisotopic (exact) mass is 350 g/mol. The first-order valence-corrected chi connectivity index (χ1v) is 8.40. The van der Waals surface area contributed by atoms with Crippen LogP contribution in [0.5, 0.6) is 0 Å². The van der Waals surface area contributed by atoms with Crippen molar-refractivity contribution >= 4 is 22.6 Å². The lowest BCUT2D eigenvalue weighted by Gasteiger charge is -2.15. The molecule has 0 saturated carbocycles. The quantitative estimate of drug-likeness (QED) is 0.758. The molecule has 26 heavy (non-hydrogen) atoms. The van der Waals surface area contributed by atoms with Crippen molar-refractivity contribution in [1.29, 1.82) is 0 Å². The lowest BCUT2D eigenvalue weighted by Crippen LogP contribution is -2.28. The van der Waals surface area contributed by atoms with Gasteiger partial charge in [0.25, 0.3) is 11.5 Å². The summed E-state index contributed by atoms with van der Waals surface area (Å²) in [6.45, 7) is 4.20. The first-order valence-electron chi connectivity index (χ1n) is 8.40. The number of carbonyl (C=O) groups excluding carboxylic acids is 1. The third-order valence-electron chi connectivity index (χ3n) is 4.43. The summed E-state index contributed by atoms with van der Waals surface area (Å²) in [5.41, 5.74) is 3.88. The van der Waals surface area contributed by atoms with Crippen LogP contribution in [0, 0.1) is 13.8 Å². The van der Waals surface area contributed by atoms with E-state index in [2.05, 4.69) is 15.3 Å². The SMILES string of the molecule is Cc1cc2cc(CNC(=O)c3cccnc3N(C)C)c(=O)[nH]c2cc1C. The largest absolute Gasteiger partial charge is 0.362 e. The van der Waals surface area contributed by atoms with E-state index in [9.17, 15) is 9.59 Å². The molecule has 0 bridgehead atoms. The molecule has 0 aliphatic rings. The minimum atomic E-state index is -0.263. The minimum absolute atomic E-state index is 0.152. The van der Waals surface area contributed by atoms with E-state index in [0.29, 0.717) is 16.9 Å². The molecule has 2 N–H and O–H groups in total. The number of rotatable bonds is 4. The minimum Gasteiger partial charge on any atom is -0.362 e. The highest BCUT2D eigenvalue weighted by Gasteiger charge is 2.14. The Hall–Kier alpha value is -3.15. The Morgan fingerprint density at radius 1 is 1.19 bits per heavy atom. The Balaban J connectivity index is 1.86. The van der Waals surface area contributed by atoms with Gasteiger partial charge < -0.3 is 15.2 Å². The van der Waals surface area contributed by atoms with Gasteiger partial charge in [-0.05, 0) is 60.7 Å². The zero-order valence-electron chi connectivity index (χ0n) is 15.4. The van der Waals surface area contributed by atoms with Gasteiger partial charge in [-0.15, -0.1) is 0 Å². The third kappa shape index (κ3) is 3.44. The van der Waals surface area contributed by atoms with Gasteiger partial charge in [-0.2, -0.15) is 0 Å². The predicted octanol–water partition coefficient (Wildman–Crippen LogP) is 2.54. The second-order valence-electron chi connectivity index (χ2n) is 6.60. The highest BCUT2D eigenvalue weighted by atomic mass is 16.2. The maximum Gasteiger partial charge on any atom is 0.255 e. The summed E-state index contributed by atoms with van der Waals surface area (Å²) in [6.07, 6.45) is 1.64. The predicted molar refractivity (Wildman–Crippen MR) is 104 cm³/mol. The first kappa shape index (κ1) is 17.7. The third-order valence-corrected chi connectivity index (χ3v) is 4.43. The van der Waals surface area contributed by atoms with E-state index in [4.69, 9.17) is 0 Å². The number of benzene rings is 1. The van der Waals surface area contributed by atoms with Crippen LogP contribution < -0.4 is 15.8 Å². The molecule has 0 saturated heterocycles. The molecule has 3 aromatic rings. The molecule has 0 unspecified atom stereocenters. The number of aromatic amines is 1. The van der Waals surface area contributed by atoms with Crippen molar-refractivity contribution in [2.75, 3.05) is 19.0 Å². The number of nitrogens with one attached hydrogen (secondary N) is 2. The molecule has 6 heteroatoms. The van der Waals surface area contributed by atoms with E-state index in [0.717, 1.165) is 22.0 Å². The number of aryl methyl sites for hydroxylation is 2. The summed E-state index contributed by atoms with van der Waals surface area (Å²) in [5.74, 6) is 0.324. The summed E-state index contributed by atoms with van der Waals surface area (Å²) in [5, 5.41) is 3.77. The Morgan fingerprint density at radius 3 is 2.65 bits per heavy atom. The summed E-state index contributed by atoms with van der Waals surface area (Å²) in [7, 11) is 3.66. The van der Waals surface area contributed by atoms with Crippen molar-refractivity contribution in [2.45, 2.75) is 20.4 Å². The van der Waals surface area contributed by atoms with E-state index in [1.165, 1.54) is 0 Å². The van der Waals surface area contributed by atoms with Crippen LogP contribution >= 0.6 is 0 Å². The van der Waals surface area contributed by atoms with Crippen LogP contribution in [-0.2, 0) is 6.54 Å². The number of hydrogen-bond donors (Lipinski definition) is 2. The molecule has 0 aliphatic heterocycles. The van der Waals surface area contributed by atoms with E-state index < -0.39 is 0 Å². The van der Waals surface area contributed by atoms with Crippen molar-refractivity contribution in [3.05, 3.63) is 69.1 Å². The number of H-pyrrole nitrogens is 1. The number of nitrogens with zero attached hydrogens (tertiary/aromatic N) is 2. The molecule has 0 fully saturated rings. The Morgan fingerprint density at radius 2 is 1.92 bits per heavy atom. The molecule has 2 heterocycles. The fourth-order valence-corrected chi connectivity index (χ4v) is 2.85. The Labute approximate surface area is 151 Å². The molecule has 0 aliphatic carbocycles. The molecular formula is C20H22N4O2. The number of anilines is 1. The summed E-state index contributed by atoms with van der Waals surface area (Å²) in [6, 6.07) is 9.27. The molecule has 2 aromatic heterocycles. The number of hydrogen-bond acceptors (Lipinski definition) is 4. The van der Waals surface area contributed by atoms with Crippen molar-refractivity contribution in [1.82, 2.24) is 15.3 Å². The molecule has 0 radical (unpaired) electrons. The maximum absolute atomic E-state index is 12.5. The van der Waals surface area contributed by atoms with Crippen LogP contribution in [0.4, 0.5) is 5.82 Å². The van der Waals surface area contributed by atoms with Gasteiger partial charge in [0.1, 0.15) is 5.82 Å². The standard InChI is InChI=1S/C20H22N4O2/c1-12-8-14-10-15(19(25)23-17(14)9-13(12)2)11-22-20(26)16-6-5-7-21-18(16)24(3)4/h5-10H,11H2,1-4H3,(H,22,26)(H,23,25). The van der Waals surface area contributed by atoms with Crippen LogP contribution in [0.3, 0.4) is 0 Å². The zero-order chi connectivity index (χ0) is 18.8. The summed E-state index contributed by atoms with van der Waals surface area (Å²) >= 11 is 0. The van der Waals surface area contributed by atoms with Crippen molar-refractivity contribution in [2.24, 2.45) is 0 Å². The fraction of sp³-hybridized carbons (Fsp3) is 0.250. The molecular weight excluding hydrogens is 328 g/mol. The van der Waals surface area contributed by atoms with Crippen molar-refractivity contribution in [3.63, 3.8) is 0 Å². The lowest BCUT2D eigenvalue weighted by atomic mass is 10.0. The van der Waals surface area contributed by atoms with E-state index >= 15 is 0 Å². The fourth-order valence-electron chi connectivity index (χ4n) is 2.85. The van der Waals surface area contributed by atoms with Gasteiger partial charge in [-0.25, -0.2) is 4.98 Å². The van der Waals surface area contributed by atoms with Gasteiger partial charge in [0.05, 0.1) is 5.56 Å².